The number of hydrogen-bond acceptors (Lipinski definition) is 2. The summed E-state index contributed by atoms with van der Waals surface area (Å²) in [6, 6.07) is 28.2. The van der Waals surface area contributed by atoms with Gasteiger partial charge in [0.2, 0.25) is 5.91 Å². The van der Waals surface area contributed by atoms with E-state index in [2.05, 4.69) is 29.6 Å². The maximum Gasteiger partial charge on any atom is 0.279 e. The maximum absolute atomic E-state index is 12.8. The van der Waals surface area contributed by atoms with Gasteiger partial charge >= 0.3 is 0 Å². The van der Waals surface area contributed by atoms with E-state index in [1.165, 1.54) is 11.1 Å². The molecule has 158 valence electrons. The predicted molar refractivity (Wildman–Crippen MR) is 123 cm³/mol. The van der Waals surface area contributed by atoms with Gasteiger partial charge < -0.3 is 15.1 Å². The van der Waals surface area contributed by atoms with E-state index in [-0.39, 0.29) is 17.9 Å². The number of carbonyl (C=O) groups is 2. The van der Waals surface area contributed by atoms with Crippen molar-refractivity contribution in [2.24, 2.45) is 0 Å². The first kappa shape index (κ1) is 20.8. The lowest BCUT2D eigenvalue weighted by atomic mass is 9.97. The van der Waals surface area contributed by atoms with Gasteiger partial charge in [0.05, 0.1) is 7.05 Å². The van der Waals surface area contributed by atoms with E-state index < -0.39 is 0 Å². The minimum Gasteiger partial charge on any atom is -0.321 e. The van der Waals surface area contributed by atoms with Gasteiger partial charge in [-0.25, -0.2) is 0 Å². The molecule has 1 aliphatic rings. The summed E-state index contributed by atoms with van der Waals surface area (Å²) < 4.78 is 0. The highest BCUT2D eigenvalue weighted by molar-refractivity contribution is 5.96. The lowest BCUT2D eigenvalue weighted by molar-refractivity contribution is -0.897. The van der Waals surface area contributed by atoms with Crippen molar-refractivity contribution in [1.82, 2.24) is 0 Å². The number of carbonyl (C=O) groups excluding carboxylic acids is 2. The fourth-order valence-electron chi connectivity index (χ4n) is 4.26. The largest absolute Gasteiger partial charge is 0.321 e. The van der Waals surface area contributed by atoms with Crippen LogP contribution >= 0.6 is 0 Å². The van der Waals surface area contributed by atoms with Crippen molar-refractivity contribution in [3.8, 4) is 0 Å². The summed E-state index contributed by atoms with van der Waals surface area (Å²) in [7, 11) is 2.05. The second-order valence-corrected chi connectivity index (χ2v) is 8.02. The number of benzene rings is 3. The molecule has 0 aliphatic carbocycles. The molecule has 1 unspecified atom stereocenters. The molecule has 0 radical (unpaired) electrons. The Kier molecular flexibility index (Phi) is 6.43. The standard InChI is InChI=1S/C26H27N3O2/c1-28(26(20-9-4-2-5-10-20)21-11-6-3-7-12-21)19-24(30)27-22-14-16-23(17-15-22)29-18-8-13-25(29)31/h2-7,9-12,14-17,26H,8,13,18-19H2,1H3,(H,27,30)/p+1. The van der Waals surface area contributed by atoms with E-state index in [1.54, 1.807) is 4.90 Å². The summed E-state index contributed by atoms with van der Waals surface area (Å²) in [4.78, 5) is 27.6. The molecule has 5 heteroatoms. The molecule has 1 fully saturated rings. The van der Waals surface area contributed by atoms with Crippen LogP contribution in [-0.2, 0) is 9.59 Å². The molecule has 1 heterocycles. The Balaban J connectivity index is 1.43. The van der Waals surface area contributed by atoms with Gasteiger partial charge in [-0.3, -0.25) is 9.59 Å². The van der Waals surface area contributed by atoms with Crippen LogP contribution in [0.3, 0.4) is 0 Å². The SMILES string of the molecule is C[NH+](CC(=O)Nc1ccc(N2CCCC2=O)cc1)C(c1ccccc1)c1ccccc1. The van der Waals surface area contributed by atoms with Crippen LogP contribution in [-0.4, -0.2) is 32.0 Å². The van der Waals surface area contributed by atoms with Crippen molar-refractivity contribution in [1.29, 1.82) is 0 Å². The van der Waals surface area contributed by atoms with E-state index >= 15 is 0 Å². The molecule has 0 spiro atoms. The number of likely N-dealkylation sites (N-methyl/N-ethyl adjacent to an activating group) is 1. The first-order valence-electron chi connectivity index (χ1n) is 10.7. The highest BCUT2D eigenvalue weighted by Gasteiger charge is 2.25. The van der Waals surface area contributed by atoms with Gasteiger partial charge in [-0.15, -0.1) is 0 Å². The number of quaternary nitrogens is 1. The van der Waals surface area contributed by atoms with E-state index in [0.29, 0.717) is 13.0 Å². The monoisotopic (exact) mass is 414 g/mol. The Bertz CT molecular complexity index is 980. The van der Waals surface area contributed by atoms with Crippen molar-refractivity contribution in [2.75, 3.05) is 30.4 Å². The smallest absolute Gasteiger partial charge is 0.279 e. The molecular formula is C26H28N3O2+. The Morgan fingerprint density at radius 3 is 2.03 bits per heavy atom. The average molecular weight is 415 g/mol. The lowest BCUT2D eigenvalue weighted by Crippen LogP contribution is -3.10. The van der Waals surface area contributed by atoms with Crippen molar-refractivity contribution >= 4 is 23.2 Å². The van der Waals surface area contributed by atoms with Crippen LogP contribution in [0.5, 0.6) is 0 Å². The highest BCUT2D eigenvalue weighted by atomic mass is 16.2. The van der Waals surface area contributed by atoms with Gasteiger partial charge in [-0.05, 0) is 30.7 Å². The van der Waals surface area contributed by atoms with Crippen LogP contribution in [0.1, 0.15) is 30.0 Å². The number of hydrogen-bond donors (Lipinski definition) is 2. The number of nitrogens with one attached hydrogen (secondary N) is 2. The summed E-state index contributed by atoms with van der Waals surface area (Å²) in [5.41, 5.74) is 3.98. The van der Waals surface area contributed by atoms with E-state index in [0.717, 1.165) is 29.2 Å². The second-order valence-electron chi connectivity index (χ2n) is 8.02. The van der Waals surface area contributed by atoms with Crippen LogP contribution in [0, 0.1) is 0 Å². The molecule has 3 aromatic rings. The van der Waals surface area contributed by atoms with Crippen LogP contribution in [0.15, 0.2) is 84.9 Å². The molecule has 3 aromatic carbocycles. The molecule has 0 aromatic heterocycles. The third kappa shape index (κ3) is 5.01. The number of nitrogens with zero attached hydrogens (tertiary/aromatic N) is 1. The molecular weight excluding hydrogens is 386 g/mol. The first-order chi connectivity index (χ1) is 15.1. The van der Waals surface area contributed by atoms with Gasteiger partial charge in [0.1, 0.15) is 6.04 Å². The minimum atomic E-state index is -0.0423. The number of anilines is 2. The van der Waals surface area contributed by atoms with Crippen molar-refractivity contribution < 1.29 is 14.5 Å². The molecule has 1 saturated heterocycles. The summed E-state index contributed by atoms with van der Waals surface area (Å²) in [6.45, 7) is 1.10. The Morgan fingerprint density at radius 2 is 1.52 bits per heavy atom. The van der Waals surface area contributed by atoms with Gasteiger partial charge in [0.25, 0.3) is 5.91 Å². The molecule has 1 atom stereocenters. The van der Waals surface area contributed by atoms with Gasteiger partial charge in [-0.2, -0.15) is 0 Å². The van der Waals surface area contributed by atoms with Crippen LogP contribution in [0.4, 0.5) is 11.4 Å². The third-order valence-corrected chi connectivity index (χ3v) is 5.73. The highest BCUT2D eigenvalue weighted by Crippen LogP contribution is 2.23. The van der Waals surface area contributed by atoms with Crippen molar-refractivity contribution in [3.63, 3.8) is 0 Å². The predicted octanol–water partition coefficient (Wildman–Crippen LogP) is 3.06. The molecule has 5 nitrogen and oxygen atoms in total. The van der Waals surface area contributed by atoms with Crippen LogP contribution in [0.25, 0.3) is 0 Å². The molecule has 31 heavy (non-hydrogen) atoms. The molecule has 2 N–H and O–H groups in total. The maximum atomic E-state index is 12.8. The molecule has 0 saturated carbocycles. The summed E-state index contributed by atoms with van der Waals surface area (Å²) in [6.07, 6.45) is 1.51. The van der Waals surface area contributed by atoms with E-state index in [9.17, 15) is 9.59 Å². The Morgan fingerprint density at radius 1 is 0.935 bits per heavy atom. The van der Waals surface area contributed by atoms with E-state index in [4.69, 9.17) is 0 Å². The number of amides is 2. The van der Waals surface area contributed by atoms with Crippen molar-refractivity contribution in [2.45, 2.75) is 18.9 Å². The minimum absolute atomic E-state index is 0.0423. The average Bonchev–Trinajstić information content (AvgIpc) is 3.22. The van der Waals surface area contributed by atoms with Crippen molar-refractivity contribution in [3.05, 3.63) is 96.1 Å². The quantitative estimate of drug-likeness (QED) is 0.624. The zero-order chi connectivity index (χ0) is 21.6. The van der Waals surface area contributed by atoms with Gasteiger partial charge in [0, 0.05) is 35.5 Å². The topological polar surface area (TPSA) is 53.9 Å². The summed E-state index contributed by atoms with van der Waals surface area (Å²) >= 11 is 0. The van der Waals surface area contributed by atoms with Gasteiger partial charge in [-0.1, -0.05) is 60.7 Å². The third-order valence-electron chi connectivity index (χ3n) is 5.73. The molecule has 4 rings (SSSR count). The fourth-order valence-corrected chi connectivity index (χ4v) is 4.26. The number of rotatable bonds is 7. The molecule has 0 bridgehead atoms. The van der Waals surface area contributed by atoms with Crippen LogP contribution < -0.4 is 15.1 Å². The molecule has 2 amide bonds. The van der Waals surface area contributed by atoms with Gasteiger partial charge in [0.15, 0.2) is 6.54 Å². The van der Waals surface area contributed by atoms with Crippen LogP contribution in [0.2, 0.25) is 0 Å². The Labute approximate surface area is 183 Å². The van der Waals surface area contributed by atoms with E-state index in [1.807, 2.05) is 67.7 Å². The normalized spacial score (nSPS) is 14.6. The fraction of sp³-hybridized carbons (Fsp3) is 0.231. The zero-order valence-electron chi connectivity index (χ0n) is 17.8. The first-order valence-corrected chi connectivity index (χ1v) is 10.7. The second kappa shape index (κ2) is 9.58. The summed E-state index contributed by atoms with van der Waals surface area (Å²) in [5.74, 6) is 0.120. The zero-order valence-corrected chi connectivity index (χ0v) is 17.8. The Hall–Kier alpha value is -3.44. The summed E-state index contributed by atoms with van der Waals surface area (Å²) in [5, 5.41) is 3.00. The lowest BCUT2D eigenvalue weighted by Gasteiger charge is -2.25. The molecule has 1 aliphatic heterocycles.